The quantitative estimate of drug-likeness (QED) is 0.866. The molecule has 2 N–H and O–H groups in total. The van der Waals surface area contributed by atoms with E-state index in [0.717, 1.165) is 6.04 Å². The fraction of sp³-hybridized carbons (Fsp3) is 0.625. The Morgan fingerprint density at radius 1 is 1.00 bits per heavy atom. The van der Waals surface area contributed by atoms with Crippen LogP contribution in [0.3, 0.4) is 0 Å². The van der Waals surface area contributed by atoms with E-state index in [2.05, 4.69) is 35.2 Å². The van der Waals surface area contributed by atoms with E-state index in [-0.39, 0.29) is 0 Å². The normalized spacial score (nSPS) is 33.7. The average molecular weight is 244 g/mol. The monoisotopic (exact) mass is 244 g/mol. The topological polar surface area (TPSA) is 29.3 Å². The molecule has 2 heteroatoms. The van der Waals surface area contributed by atoms with E-state index in [1.165, 1.54) is 50.6 Å². The lowest BCUT2D eigenvalue weighted by molar-refractivity contribution is 0.134. The zero-order valence-corrected chi connectivity index (χ0v) is 11.1. The zero-order chi connectivity index (χ0) is 12.4. The van der Waals surface area contributed by atoms with Crippen molar-refractivity contribution in [1.82, 2.24) is 4.90 Å². The van der Waals surface area contributed by atoms with Crippen molar-refractivity contribution < 1.29 is 0 Å². The predicted octanol–water partition coefficient (Wildman–Crippen LogP) is 3.09. The van der Waals surface area contributed by atoms with Crippen molar-refractivity contribution in [1.29, 1.82) is 0 Å². The summed E-state index contributed by atoms with van der Waals surface area (Å²) in [5.41, 5.74) is 7.64. The molecule has 0 amide bonds. The van der Waals surface area contributed by atoms with Gasteiger partial charge in [0, 0.05) is 18.1 Å². The smallest absolute Gasteiger partial charge is 0.0351 e. The van der Waals surface area contributed by atoms with Gasteiger partial charge in [-0.3, -0.25) is 4.90 Å². The van der Waals surface area contributed by atoms with Crippen LogP contribution in [-0.4, -0.2) is 23.5 Å². The minimum Gasteiger partial charge on any atom is -0.328 e. The first-order chi connectivity index (χ1) is 8.84. The van der Waals surface area contributed by atoms with Crippen LogP contribution in [0.25, 0.3) is 0 Å². The number of nitrogens with zero attached hydrogens (tertiary/aromatic N) is 1. The molecule has 1 aromatic rings. The van der Waals surface area contributed by atoms with Gasteiger partial charge in [-0.05, 0) is 44.2 Å². The van der Waals surface area contributed by atoms with Crippen molar-refractivity contribution in [2.45, 2.75) is 56.7 Å². The Labute approximate surface area is 110 Å². The maximum absolute atomic E-state index is 6.15. The van der Waals surface area contributed by atoms with Gasteiger partial charge < -0.3 is 5.73 Å². The molecule has 2 fully saturated rings. The minimum absolute atomic E-state index is 0.431. The molecule has 3 unspecified atom stereocenters. The fourth-order valence-corrected chi connectivity index (χ4v) is 3.76. The highest BCUT2D eigenvalue weighted by molar-refractivity contribution is 5.20. The number of hydrogen-bond donors (Lipinski definition) is 1. The lowest BCUT2D eigenvalue weighted by atomic mass is 9.89. The van der Waals surface area contributed by atoms with Crippen molar-refractivity contribution in [2.24, 2.45) is 5.73 Å². The number of likely N-dealkylation sites (tertiary alicyclic amines) is 1. The second kappa shape index (κ2) is 5.41. The molecule has 1 aromatic carbocycles. The van der Waals surface area contributed by atoms with Crippen molar-refractivity contribution in [2.75, 3.05) is 6.54 Å². The largest absolute Gasteiger partial charge is 0.328 e. The molecule has 18 heavy (non-hydrogen) atoms. The van der Waals surface area contributed by atoms with Gasteiger partial charge in [-0.25, -0.2) is 0 Å². The first-order valence-corrected chi connectivity index (χ1v) is 7.41. The predicted molar refractivity (Wildman–Crippen MR) is 75.4 cm³/mol. The first-order valence-electron chi connectivity index (χ1n) is 7.41. The molecule has 3 rings (SSSR count). The van der Waals surface area contributed by atoms with E-state index in [1.54, 1.807) is 0 Å². The van der Waals surface area contributed by atoms with E-state index in [1.807, 2.05) is 0 Å². The van der Waals surface area contributed by atoms with Crippen molar-refractivity contribution in [3.63, 3.8) is 0 Å². The molecular formula is C16H24N2. The molecule has 2 aliphatic rings. The Bertz CT molecular complexity index is 376. The van der Waals surface area contributed by atoms with Crippen LogP contribution in [0.2, 0.25) is 0 Å². The molecule has 98 valence electrons. The van der Waals surface area contributed by atoms with E-state index in [4.69, 9.17) is 5.73 Å². The zero-order valence-electron chi connectivity index (χ0n) is 11.1. The lowest BCUT2D eigenvalue weighted by Crippen LogP contribution is -2.42. The van der Waals surface area contributed by atoms with Gasteiger partial charge in [0.15, 0.2) is 0 Å². The third kappa shape index (κ3) is 2.45. The fourth-order valence-electron chi connectivity index (χ4n) is 3.76. The van der Waals surface area contributed by atoms with Gasteiger partial charge in [0.2, 0.25) is 0 Å². The lowest BCUT2D eigenvalue weighted by Gasteiger charge is -2.37. The SMILES string of the molecule is NC1CCCC(N2CCCC2c2ccccc2)C1. The number of rotatable bonds is 2. The summed E-state index contributed by atoms with van der Waals surface area (Å²) in [6.07, 6.45) is 7.73. The molecule has 0 bridgehead atoms. The van der Waals surface area contributed by atoms with Crippen molar-refractivity contribution in [3.8, 4) is 0 Å². The summed E-state index contributed by atoms with van der Waals surface area (Å²) in [7, 11) is 0. The Morgan fingerprint density at radius 2 is 1.83 bits per heavy atom. The Hall–Kier alpha value is -0.860. The molecule has 1 aliphatic carbocycles. The third-order valence-electron chi connectivity index (χ3n) is 4.63. The van der Waals surface area contributed by atoms with Crippen LogP contribution in [0.4, 0.5) is 0 Å². The van der Waals surface area contributed by atoms with Crippen LogP contribution in [0.15, 0.2) is 30.3 Å². The second-order valence-corrected chi connectivity index (χ2v) is 5.89. The highest BCUT2D eigenvalue weighted by Crippen LogP contribution is 2.37. The first kappa shape index (κ1) is 12.2. The van der Waals surface area contributed by atoms with Crippen molar-refractivity contribution >= 4 is 0 Å². The second-order valence-electron chi connectivity index (χ2n) is 5.89. The van der Waals surface area contributed by atoms with Gasteiger partial charge in [-0.1, -0.05) is 36.8 Å². The molecular weight excluding hydrogens is 220 g/mol. The van der Waals surface area contributed by atoms with Gasteiger partial charge in [0.25, 0.3) is 0 Å². The van der Waals surface area contributed by atoms with Gasteiger partial charge in [0.05, 0.1) is 0 Å². The molecule has 0 radical (unpaired) electrons. The van der Waals surface area contributed by atoms with Crippen LogP contribution in [0, 0.1) is 0 Å². The molecule has 0 aromatic heterocycles. The highest BCUT2D eigenvalue weighted by atomic mass is 15.2. The summed E-state index contributed by atoms with van der Waals surface area (Å²) in [5, 5.41) is 0. The standard InChI is InChI=1S/C16H24N2/c17-14-8-4-9-15(12-14)18-11-5-10-16(18)13-6-2-1-3-7-13/h1-3,6-7,14-16H,4-5,8-12,17H2. The van der Waals surface area contributed by atoms with E-state index in [0.29, 0.717) is 12.1 Å². The van der Waals surface area contributed by atoms with Crippen LogP contribution < -0.4 is 5.73 Å². The van der Waals surface area contributed by atoms with Crippen LogP contribution in [0.5, 0.6) is 0 Å². The summed E-state index contributed by atoms with van der Waals surface area (Å²) < 4.78 is 0. The molecule has 0 spiro atoms. The van der Waals surface area contributed by atoms with Gasteiger partial charge in [-0.2, -0.15) is 0 Å². The number of hydrogen-bond acceptors (Lipinski definition) is 2. The highest BCUT2D eigenvalue weighted by Gasteiger charge is 2.33. The maximum Gasteiger partial charge on any atom is 0.0351 e. The van der Waals surface area contributed by atoms with Crippen molar-refractivity contribution in [3.05, 3.63) is 35.9 Å². The molecule has 1 saturated heterocycles. The maximum atomic E-state index is 6.15. The third-order valence-corrected chi connectivity index (χ3v) is 4.63. The Kier molecular flexibility index (Phi) is 3.67. The van der Waals surface area contributed by atoms with Gasteiger partial charge >= 0.3 is 0 Å². The average Bonchev–Trinajstić information content (AvgIpc) is 2.89. The molecule has 1 heterocycles. The number of benzene rings is 1. The van der Waals surface area contributed by atoms with E-state index >= 15 is 0 Å². The summed E-state index contributed by atoms with van der Waals surface area (Å²) in [4.78, 5) is 2.73. The molecule has 1 saturated carbocycles. The van der Waals surface area contributed by atoms with Crippen LogP contribution in [-0.2, 0) is 0 Å². The molecule has 2 nitrogen and oxygen atoms in total. The summed E-state index contributed by atoms with van der Waals surface area (Å²) in [6, 6.07) is 12.8. The summed E-state index contributed by atoms with van der Waals surface area (Å²) in [6.45, 7) is 1.26. The van der Waals surface area contributed by atoms with E-state index in [9.17, 15) is 0 Å². The van der Waals surface area contributed by atoms with Gasteiger partial charge in [0.1, 0.15) is 0 Å². The van der Waals surface area contributed by atoms with Gasteiger partial charge in [-0.15, -0.1) is 0 Å². The molecule has 3 atom stereocenters. The summed E-state index contributed by atoms with van der Waals surface area (Å²) in [5.74, 6) is 0. The van der Waals surface area contributed by atoms with Crippen LogP contribution in [0.1, 0.15) is 50.1 Å². The summed E-state index contributed by atoms with van der Waals surface area (Å²) >= 11 is 0. The van der Waals surface area contributed by atoms with E-state index < -0.39 is 0 Å². The van der Waals surface area contributed by atoms with Crippen LogP contribution >= 0.6 is 0 Å². The molecule has 1 aliphatic heterocycles. The number of nitrogens with two attached hydrogens (primary N) is 1. The Balaban J connectivity index is 1.75. The minimum atomic E-state index is 0.431. The Morgan fingerprint density at radius 3 is 2.61 bits per heavy atom.